The summed E-state index contributed by atoms with van der Waals surface area (Å²) in [5.74, 6) is -1.11. The second-order valence-electron chi connectivity index (χ2n) is 5.26. The van der Waals surface area contributed by atoms with Crippen molar-refractivity contribution in [2.24, 2.45) is 5.92 Å². The summed E-state index contributed by atoms with van der Waals surface area (Å²) in [6.07, 6.45) is 6.63. The van der Waals surface area contributed by atoms with E-state index in [0.29, 0.717) is 16.7 Å². The molecule has 1 aliphatic heterocycles. The van der Waals surface area contributed by atoms with E-state index in [1.165, 1.54) is 19.6 Å². The van der Waals surface area contributed by atoms with Crippen molar-refractivity contribution in [2.75, 3.05) is 7.11 Å². The average molecular weight is 277 g/mol. The first-order chi connectivity index (χ1) is 9.54. The smallest absolute Gasteiger partial charge is 0.333 e. The highest BCUT2D eigenvalue weighted by atomic mass is 16.5. The molecule has 5 heteroatoms. The van der Waals surface area contributed by atoms with Crippen molar-refractivity contribution < 1.29 is 19.1 Å². The van der Waals surface area contributed by atoms with Gasteiger partial charge in [0.2, 0.25) is 0 Å². The van der Waals surface area contributed by atoms with Gasteiger partial charge in [-0.05, 0) is 31.8 Å². The van der Waals surface area contributed by atoms with Gasteiger partial charge in [0.05, 0.1) is 7.11 Å². The van der Waals surface area contributed by atoms with Crippen LogP contribution in [0.4, 0.5) is 0 Å². The number of hydrogen-bond acceptors (Lipinski definition) is 4. The van der Waals surface area contributed by atoms with Gasteiger partial charge in [-0.1, -0.05) is 19.3 Å². The first-order valence-corrected chi connectivity index (χ1v) is 6.91. The van der Waals surface area contributed by atoms with Gasteiger partial charge in [-0.3, -0.25) is 14.9 Å². The molecule has 1 aliphatic carbocycles. The number of carbonyl (C=O) groups is 3. The molecule has 108 valence electrons. The number of esters is 1. The first-order valence-electron chi connectivity index (χ1n) is 6.91. The third-order valence-corrected chi connectivity index (χ3v) is 3.89. The fourth-order valence-electron chi connectivity index (χ4n) is 2.86. The van der Waals surface area contributed by atoms with Crippen LogP contribution in [0.1, 0.15) is 39.0 Å². The van der Waals surface area contributed by atoms with Gasteiger partial charge in [0.1, 0.15) is 0 Å². The molecule has 0 aromatic heterocycles. The minimum atomic E-state index is -0.493. The molecular formula is C15H19NO4. The van der Waals surface area contributed by atoms with E-state index < -0.39 is 11.9 Å². The molecule has 0 atom stereocenters. The maximum absolute atomic E-state index is 12.0. The normalized spacial score (nSPS) is 21.2. The van der Waals surface area contributed by atoms with Crippen molar-refractivity contribution in [3.63, 3.8) is 0 Å². The summed E-state index contributed by atoms with van der Waals surface area (Å²) in [7, 11) is 1.29. The number of carbonyl (C=O) groups excluding carboxylic acids is 3. The van der Waals surface area contributed by atoms with Crippen LogP contribution in [0.3, 0.4) is 0 Å². The van der Waals surface area contributed by atoms with Gasteiger partial charge < -0.3 is 4.74 Å². The standard InChI is InChI=1S/C15H19NO4/c1-9(15(19)20-2)8-11-12(14(18)16-13(11)17)10-6-4-3-5-7-10/h8,10H,3-7H2,1-2H3,(H,16,17,18)/b9-8+. The van der Waals surface area contributed by atoms with E-state index in [4.69, 9.17) is 0 Å². The Morgan fingerprint density at radius 2 is 1.85 bits per heavy atom. The van der Waals surface area contributed by atoms with Crippen LogP contribution in [0.2, 0.25) is 0 Å². The molecule has 20 heavy (non-hydrogen) atoms. The SMILES string of the molecule is COC(=O)/C(C)=C/C1=C(C2CCCCC2)C(=O)NC1=O. The van der Waals surface area contributed by atoms with Crippen LogP contribution in [0.15, 0.2) is 22.8 Å². The molecule has 2 amide bonds. The van der Waals surface area contributed by atoms with Crippen LogP contribution in [-0.4, -0.2) is 24.9 Å². The first kappa shape index (κ1) is 14.5. The molecule has 0 aromatic carbocycles. The Kier molecular flexibility index (Phi) is 4.37. The minimum Gasteiger partial charge on any atom is -0.466 e. The summed E-state index contributed by atoms with van der Waals surface area (Å²) in [4.78, 5) is 35.3. The molecule has 0 unspecified atom stereocenters. The van der Waals surface area contributed by atoms with E-state index in [-0.39, 0.29) is 11.8 Å². The van der Waals surface area contributed by atoms with Gasteiger partial charge >= 0.3 is 5.97 Å². The Hall–Kier alpha value is -1.91. The molecule has 1 saturated carbocycles. The number of methoxy groups -OCH3 is 1. The van der Waals surface area contributed by atoms with Gasteiger partial charge in [0.25, 0.3) is 11.8 Å². The third-order valence-electron chi connectivity index (χ3n) is 3.89. The Labute approximate surface area is 118 Å². The predicted octanol–water partition coefficient (Wildman–Crippen LogP) is 1.64. The molecule has 0 aromatic rings. The summed E-state index contributed by atoms with van der Waals surface area (Å²) in [6.45, 7) is 1.58. The summed E-state index contributed by atoms with van der Waals surface area (Å²) in [5.41, 5.74) is 1.18. The van der Waals surface area contributed by atoms with Crippen molar-refractivity contribution >= 4 is 17.8 Å². The van der Waals surface area contributed by atoms with E-state index in [1.807, 2.05) is 0 Å². The van der Waals surface area contributed by atoms with E-state index in [9.17, 15) is 14.4 Å². The predicted molar refractivity (Wildman–Crippen MR) is 72.5 cm³/mol. The van der Waals surface area contributed by atoms with Crippen LogP contribution < -0.4 is 5.32 Å². The summed E-state index contributed by atoms with van der Waals surface area (Å²) in [5, 5.41) is 2.33. The van der Waals surface area contributed by atoms with Gasteiger partial charge in [-0.25, -0.2) is 4.79 Å². The van der Waals surface area contributed by atoms with Crippen LogP contribution in [-0.2, 0) is 19.1 Å². The van der Waals surface area contributed by atoms with Gasteiger partial charge in [-0.2, -0.15) is 0 Å². The van der Waals surface area contributed by atoms with E-state index in [0.717, 1.165) is 25.7 Å². The highest BCUT2D eigenvalue weighted by Gasteiger charge is 2.34. The molecule has 2 rings (SSSR count). The fraction of sp³-hybridized carbons (Fsp3) is 0.533. The Bertz CT molecular complexity index is 510. The molecular weight excluding hydrogens is 258 g/mol. The lowest BCUT2D eigenvalue weighted by Gasteiger charge is -2.22. The van der Waals surface area contributed by atoms with Gasteiger partial charge in [0, 0.05) is 16.7 Å². The van der Waals surface area contributed by atoms with Crippen molar-refractivity contribution in [3.8, 4) is 0 Å². The maximum Gasteiger partial charge on any atom is 0.333 e. The zero-order chi connectivity index (χ0) is 14.7. The Balaban J connectivity index is 2.37. The molecule has 1 heterocycles. The van der Waals surface area contributed by atoms with Crippen LogP contribution in [0.25, 0.3) is 0 Å². The Morgan fingerprint density at radius 1 is 1.20 bits per heavy atom. The third kappa shape index (κ3) is 2.81. The summed E-state index contributed by atoms with van der Waals surface area (Å²) in [6, 6.07) is 0. The average Bonchev–Trinajstić information content (AvgIpc) is 2.73. The zero-order valence-corrected chi connectivity index (χ0v) is 11.8. The largest absolute Gasteiger partial charge is 0.466 e. The number of amides is 2. The fourth-order valence-corrected chi connectivity index (χ4v) is 2.86. The lowest BCUT2D eigenvalue weighted by atomic mass is 9.82. The molecule has 0 radical (unpaired) electrons. The minimum absolute atomic E-state index is 0.117. The molecule has 2 aliphatic rings. The van der Waals surface area contributed by atoms with Crippen LogP contribution >= 0.6 is 0 Å². The molecule has 1 fully saturated rings. The number of rotatable bonds is 3. The number of hydrogen-bond donors (Lipinski definition) is 1. The van der Waals surface area contributed by atoms with E-state index >= 15 is 0 Å². The lowest BCUT2D eigenvalue weighted by molar-refractivity contribution is -0.136. The molecule has 0 saturated heterocycles. The highest BCUT2D eigenvalue weighted by Crippen LogP contribution is 2.34. The second kappa shape index (κ2) is 6.03. The zero-order valence-electron chi connectivity index (χ0n) is 11.8. The van der Waals surface area contributed by atoms with Gasteiger partial charge in [-0.15, -0.1) is 0 Å². The van der Waals surface area contributed by atoms with Crippen molar-refractivity contribution in [3.05, 3.63) is 22.8 Å². The number of imide groups is 1. The summed E-state index contributed by atoms with van der Waals surface area (Å²) >= 11 is 0. The molecule has 5 nitrogen and oxygen atoms in total. The number of ether oxygens (including phenoxy) is 1. The van der Waals surface area contributed by atoms with Crippen LogP contribution in [0.5, 0.6) is 0 Å². The van der Waals surface area contributed by atoms with E-state index in [1.54, 1.807) is 6.92 Å². The summed E-state index contributed by atoms with van der Waals surface area (Å²) < 4.78 is 4.62. The quantitative estimate of drug-likeness (QED) is 0.483. The van der Waals surface area contributed by atoms with Crippen molar-refractivity contribution in [1.82, 2.24) is 5.32 Å². The van der Waals surface area contributed by atoms with Crippen molar-refractivity contribution in [2.45, 2.75) is 39.0 Å². The highest BCUT2D eigenvalue weighted by molar-refractivity contribution is 6.21. The van der Waals surface area contributed by atoms with Crippen molar-refractivity contribution in [1.29, 1.82) is 0 Å². The van der Waals surface area contributed by atoms with Gasteiger partial charge in [0.15, 0.2) is 0 Å². The lowest BCUT2D eigenvalue weighted by Crippen LogP contribution is -2.25. The van der Waals surface area contributed by atoms with Crippen LogP contribution in [0, 0.1) is 5.92 Å². The second-order valence-corrected chi connectivity index (χ2v) is 5.26. The Morgan fingerprint density at radius 3 is 2.45 bits per heavy atom. The topological polar surface area (TPSA) is 72.5 Å². The molecule has 0 bridgehead atoms. The number of nitrogens with one attached hydrogen (secondary N) is 1. The maximum atomic E-state index is 12.0. The monoisotopic (exact) mass is 277 g/mol. The van der Waals surface area contributed by atoms with E-state index in [2.05, 4.69) is 10.1 Å². The molecule has 0 spiro atoms. The molecule has 1 N–H and O–H groups in total.